The summed E-state index contributed by atoms with van der Waals surface area (Å²) in [4.78, 5) is 72.9. The number of hydrogen-bond acceptors (Lipinski definition) is 24. The van der Waals surface area contributed by atoms with E-state index in [0.29, 0.717) is 65.3 Å². The van der Waals surface area contributed by atoms with Crippen LogP contribution < -0.4 is 40.5 Å². The van der Waals surface area contributed by atoms with Crippen molar-refractivity contribution in [3.63, 3.8) is 0 Å². The zero-order valence-corrected chi connectivity index (χ0v) is 52.6. The lowest BCUT2D eigenvalue weighted by atomic mass is 10.1. The molecule has 0 aliphatic carbocycles. The second-order valence-corrected chi connectivity index (χ2v) is 23.1. The maximum absolute atomic E-state index is 14.0. The van der Waals surface area contributed by atoms with E-state index in [0.717, 1.165) is 54.3 Å². The summed E-state index contributed by atoms with van der Waals surface area (Å²) in [6.07, 6.45) is 2.16. The largest absolute Gasteiger partial charge is 0.494 e. The summed E-state index contributed by atoms with van der Waals surface area (Å²) >= 11 is 2.55. The molecule has 6 N–H and O–H groups in total. The van der Waals surface area contributed by atoms with Crippen molar-refractivity contribution in [1.82, 2.24) is 15.0 Å². The predicted molar refractivity (Wildman–Crippen MR) is 342 cm³/mol. The van der Waals surface area contributed by atoms with Crippen molar-refractivity contribution in [3.05, 3.63) is 128 Å². The normalized spacial score (nSPS) is 11.7. The highest BCUT2D eigenvalue weighted by atomic mass is 32.2. The van der Waals surface area contributed by atoms with Crippen LogP contribution in [-0.2, 0) is 29.3 Å². The van der Waals surface area contributed by atoms with Gasteiger partial charge in [-0.05, 0) is 108 Å². The zero-order valence-electron chi connectivity index (χ0n) is 49.4. The average Bonchev–Trinajstić information content (AvgIpc) is 1.68. The Morgan fingerprint density at radius 2 is 1.22 bits per heavy atom. The van der Waals surface area contributed by atoms with Crippen molar-refractivity contribution >= 4 is 153 Å². The third-order valence-electron chi connectivity index (χ3n) is 12.8. The van der Waals surface area contributed by atoms with Crippen molar-refractivity contribution in [1.29, 1.82) is 5.26 Å². The number of methoxy groups -OCH3 is 2. The van der Waals surface area contributed by atoms with Crippen LogP contribution in [0.3, 0.4) is 0 Å². The molecule has 25 nitrogen and oxygen atoms in total. The lowest BCUT2D eigenvalue weighted by Crippen LogP contribution is -2.22. The number of halogens is 2. The number of amides is 2. The van der Waals surface area contributed by atoms with Gasteiger partial charge in [-0.3, -0.25) is 23.7 Å². The molecule has 7 rings (SSSR count). The van der Waals surface area contributed by atoms with E-state index in [1.165, 1.54) is 69.7 Å². The number of azo groups is 2. The smallest absolute Gasteiger partial charge is 0.297 e. The third kappa shape index (κ3) is 16.8. The van der Waals surface area contributed by atoms with E-state index in [-0.39, 0.29) is 84.8 Å². The summed E-state index contributed by atoms with van der Waals surface area (Å²) in [7, 11) is -2.35. The highest BCUT2D eigenvalue weighted by Crippen LogP contribution is 2.46. The van der Waals surface area contributed by atoms with Crippen LogP contribution in [0.4, 0.5) is 81.9 Å². The molecule has 0 aliphatic heterocycles. The van der Waals surface area contributed by atoms with Gasteiger partial charge in [-0.15, -0.1) is 38.0 Å². The number of carbonyl (C=O) groups is 4. The van der Waals surface area contributed by atoms with Gasteiger partial charge in [0.25, 0.3) is 21.9 Å². The van der Waals surface area contributed by atoms with Crippen LogP contribution in [-0.4, -0.2) is 109 Å². The standard InChI is InChI=1S/C59H57F2N15O10S4/c1-10-75(11-2)47-27-42(44(29-49(47)85-8)71-73-55-41(31-62)52(90(82,83)84)51(89-55)26-40(33(6)79)54(81)65-37-19-15-17-35(61)23-37)66-57-68-58(70-59(69-57)87-21-20-77)67-43-28-48(76(12-3)13-4)50(86-9)30-45(43)72-74-56-46(63-7)25-38(88-56)24-39(32(5)78)53(80)64-36-18-14-16-34(60)22-36/h14-19,22-30,77H,10-13,20-21H2,1-6,8-9H3,(H,64,80)(H,65,81)(H,82,83,84)(H2,66,67,68,69,70)/b39-24+,40-26-,73-71?,74-72?. The number of nitrogens with zero attached hydrogens (tertiary/aromatic N) is 11. The first kappa shape index (κ1) is 67.6. The fourth-order valence-corrected chi connectivity index (χ4v) is 12.1. The number of thiophene rings is 2. The minimum absolute atomic E-state index is 0.00120. The number of nitriles is 1. The van der Waals surface area contributed by atoms with E-state index in [4.69, 9.17) is 21.0 Å². The van der Waals surface area contributed by atoms with E-state index < -0.39 is 66.0 Å². The van der Waals surface area contributed by atoms with Crippen molar-refractivity contribution in [2.75, 3.05) is 83.8 Å². The fraction of sp³-hybridized carbons (Fsp3) is 0.237. The molecule has 4 aromatic carbocycles. The number of benzene rings is 4. The maximum atomic E-state index is 14.0. The SMILES string of the molecule is [C-]#[N+]c1cc(/C=C(\C(C)=O)C(=O)Nc2cccc(F)c2)sc1N=Nc1cc(OC)c(N(CC)CC)cc1Nc1nc(Nc2cc(N(CC)CC)c(OC)cc2N=Nc2sc(/C=C(/C(C)=O)C(=O)Nc3cccc(F)c3)c(S(=O)(=O)O)c2C#N)nc(SCCO)n1. The van der Waals surface area contributed by atoms with Gasteiger partial charge in [0.15, 0.2) is 21.7 Å². The third-order valence-corrected chi connectivity index (χ3v) is 16.7. The van der Waals surface area contributed by atoms with Crippen LogP contribution in [0.25, 0.3) is 17.0 Å². The van der Waals surface area contributed by atoms with Gasteiger partial charge < -0.3 is 45.6 Å². The molecule has 90 heavy (non-hydrogen) atoms. The molecule has 0 fully saturated rings. The van der Waals surface area contributed by atoms with E-state index in [2.05, 4.69) is 56.5 Å². The van der Waals surface area contributed by atoms with Gasteiger partial charge in [-0.25, -0.2) is 13.6 Å². The Morgan fingerprint density at radius 1 is 0.733 bits per heavy atom. The Labute approximate surface area is 527 Å². The van der Waals surface area contributed by atoms with E-state index >= 15 is 0 Å². The highest BCUT2D eigenvalue weighted by Gasteiger charge is 2.29. The second kappa shape index (κ2) is 30.8. The molecule has 31 heteroatoms. The van der Waals surface area contributed by atoms with Crippen LogP contribution in [0.5, 0.6) is 11.5 Å². The number of anilines is 8. The van der Waals surface area contributed by atoms with Crippen molar-refractivity contribution in [2.24, 2.45) is 20.5 Å². The van der Waals surface area contributed by atoms with Crippen LogP contribution in [0.2, 0.25) is 0 Å². The van der Waals surface area contributed by atoms with Gasteiger partial charge in [-0.2, -0.15) is 33.7 Å². The predicted octanol–water partition coefficient (Wildman–Crippen LogP) is 13.3. The summed E-state index contributed by atoms with van der Waals surface area (Å²) < 4.78 is 76.1. The number of carbonyl (C=O) groups excluding carboxylic acids is 4. The minimum atomic E-state index is -5.26. The average molecular weight is 1300 g/mol. The molecule has 0 bridgehead atoms. The Kier molecular flexibility index (Phi) is 23.2. The van der Waals surface area contributed by atoms with Crippen molar-refractivity contribution in [3.8, 4) is 17.6 Å². The molecular formula is C59H57F2N15O10S4. The summed E-state index contributed by atoms with van der Waals surface area (Å²) in [6.45, 7) is 19.8. The van der Waals surface area contributed by atoms with E-state index in [1.807, 2.05) is 37.5 Å². The molecule has 0 aliphatic rings. The van der Waals surface area contributed by atoms with Gasteiger partial charge in [0, 0.05) is 60.3 Å². The van der Waals surface area contributed by atoms with Gasteiger partial charge in [-0.1, -0.05) is 23.9 Å². The number of aromatic nitrogens is 3. The Morgan fingerprint density at radius 3 is 1.64 bits per heavy atom. The molecule has 3 heterocycles. The fourth-order valence-electron chi connectivity index (χ4n) is 8.55. The molecule has 0 atom stereocenters. The zero-order chi connectivity index (χ0) is 65.4. The lowest BCUT2D eigenvalue weighted by molar-refractivity contribution is -0.120. The van der Waals surface area contributed by atoms with Crippen molar-refractivity contribution < 1.29 is 55.5 Å². The monoisotopic (exact) mass is 1300 g/mol. The Bertz CT molecular complexity index is 4230. The Balaban J connectivity index is 1.33. The first-order chi connectivity index (χ1) is 43.1. The molecular weight excluding hydrogens is 1250 g/mol. The van der Waals surface area contributed by atoms with E-state index in [9.17, 15) is 51.3 Å². The molecule has 0 spiro atoms. The molecule has 7 aromatic rings. The number of ketones is 2. The molecule has 3 aromatic heterocycles. The van der Waals surface area contributed by atoms with E-state index in [1.54, 1.807) is 24.3 Å². The number of aliphatic hydroxyl groups is 1. The maximum Gasteiger partial charge on any atom is 0.297 e. The molecule has 0 radical (unpaired) electrons. The highest BCUT2D eigenvalue weighted by molar-refractivity contribution is 7.99. The van der Waals surface area contributed by atoms with Gasteiger partial charge in [0.1, 0.15) is 56.0 Å². The molecule has 2 amide bonds. The number of thioether (sulfide) groups is 1. The number of Topliss-reactive ketones (excluding diaryl/α,β-unsaturated/α-hetero) is 2. The quantitative estimate of drug-likeness (QED) is 0.00505. The van der Waals surface area contributed by atoms with Gasteiger partial charge in [0.05, 0.1) is 66.2 Å². The summed E-state index contributed by atoms with van der Waals surface area (Å²) in [5, 5.41) is 49.3. The topological polar surface area (TPSA) is 332 Å². The molecule has 0 unspecified atom stereocenters. The van der Waals surface area contributed by atoms with Crippen molar-refractivity contribution in [2.45, 2.75) is 51.6 Å². The lowest BCUT2D eigenvalue weighted by Gasteiger charge is -2.25. The molecule has 466 valence electrons. The summed E-state index contributed by atoms with van der Waals surface area (Å²) in [5.74, 6) is -3.91. The van der Waals surface area contributed by atoms with Crippen LogP contribution >= 0.6 is 34.4 Å². The second-order valence-electron chi connectivity index (χ2n) is 18.6. The van der Waals surface area contributed by atoms with Crippen LogP contribution in [0, 0.1) is 29.5 Å². The van der Waals surface area contributed by atoms with Crippen LogP contribution in [0.1, 0.15) is 56.9 Å². The summed E-state index contributed by atoms with van der Waals surface area (Å²) in [6, 6.07) is 19.6. The number of nitrogens with one attached hydrogen (secondary N) is 4. The minimum Gasteiger partial charge on any atom is -0.494 e. The number of hydrogen-bond donors (Lipinski definition) is 6. The van der Waals surface area contributed by atoms with Gasteiger partial charge in [0.2, 0.25) is 17.6 Å². The van der Waals surface area contributed by atoms with Crippen LogP contribution in [0.15, 0.2) is 121 Å². The molecule has 0 saturated carbocycles. The number of rotatable bonds is 28. The molecule has 0 saturated heterocycles. The number of aliphatic hydroxyl groups excluding tert-OH is 1. The Hall–Kier alpha value is -9.89. The first-order valence-corrected chi connectivity index (χ1v) is 31.1. The summed E-state index contributed by atoms with van der Waals surface area (Å²) in [5.41, 5.74) is 0.375. The first-order valence-electron chi connectivity index (χ1n) is 27.0. The van der Waals surface area contributed by atoms with Gasteiger partial charge >= 0.3 is 0 Å². The number of ether oxygens (including phenoxy) is 2.